The van der Waals surface area contributed by atoms with Crippen LogP contribution in [0, 0.1) is 0 Å². The van der Waals surface area contributed by atoms with Crippen molar-refractivity contribution in [2.45, 2.75) is 6.92 Å². The molecule has 2 N–H and O–H groups in total. The van der Waals surface area contributed by atoms with Gasteiger partial charge in [-0.15, -0.1) is 0 Å². The van der Waals surface area contributed by atoms with Gasteiger partial charge in [0, 0.05) is 5.39 Å². The zero-order valence-corrected chi connectivity index (χ0v) is 12.4. The van der Waals surface area contributed by atoms with E-state index in [1.165, 1.54) is 0 Å². The number of hydrogen-bond acceptors (Lipinski definition) is 5. The van der Waals surface area contributed by atoms with E-state index in [9.17, 15) is 8.42 Å². The van der Waals surface area contributed by atoms with Crippen molar-refractivity contribution in [1.29, 1.82) is 0 Å². The molecule has 112 valence electrons. The summed E-state index contributed by atoms with van der Waals surface area (Å²) in [5.74, 6) is 0.385. The smallest absolute Gasteiger partial charge is 0.473 e. The van der Waals surface area contributed by atoms with Crippen molar-refractivity contribution in [3.63, 3.8) is 0 Å². The van der Waals surface area contributed by atoms with Crippen LogP contribution in [0.1, 0.15) is 6.92 Å². The molecule has 0 spiro atoms. The maximum atomic E-state index is 11.5. The summed E-state index contributed by atoms with van der Waals surface area (Å²) in [4.78, 5) is 0. The maximum Gasteiger partial charge on any atom is 0.473 e. The van der Waals surface area contributed by atoms with E-state index >= 15 is 0 Å². The second-order valence-corrected chi connectivity index (χ2v) is 5.33. The molecule has 0 bridgehead atoms. The first kappa shape index (κ1) is 15.6. The molecule has 0 saturated carbocycles. The van der Waals surface area contributed by atoms with Crippen molar-refractivity contribution < 1.29 is 23.2 Å². The van der Waals surface area contributed by atoms with Crippen LogP contribution in [0.3, 0.4) is 0 Å². The Morgan fingerprint density at radius 1 is 1.19 bits per heavy atom. The minimum Gasteiger partial charge on any atom is -0.492 e. The van der Waals surface area contributed by atoms with Crippen LogP contribution in [0.5, 0.6) is 5.75 Å². The Kier molecular flexibility index (Phi) is 5.05. The van der Waals surface area contributed by atoms with Crippen LogP contribution in [0.15, 0.2) is 36.4 Å². The minimum atomic E-state index is -3.04. The van der Waals surface area contributed by atoms with Gasteiger partial charge in [-0.1, -0.05) is 30.3 Å². The standard InChI is InChI=1S/C13H16BNO5S/c1-2-20-12-8-7-10-5-3-4-6-11(10)13(12)15(21(18)19)9-14(16)17/h3-8,16-17,21H,2,9H2,1H3. The van der Waals surface area contributed by atoms with E-state index in [-0.39, 0.29) is 0 Å². The topological polar surface area (TPSA) is 87.1 Å². The lowest BCUT2D eigenvalue weighted by Crippen LogP contribution is -2.34. The molecule has 6 nitrogen and oxygen atoms in total. The zero-order chi connectivity index (χ0) is 15.4. The Balaban J connectivity index is 2.69. The fourth-order valence-corrected chi connectivity index (χ4v) is 2.82. The van der Waals surface area contributed by atoms with Crippen LogP contribution in [-0.2, 0) is 10.9 Å². The molecule has 0 heterocycles. The van der Waals surface area contributed by atoms with E-state index in [0.29, 0.717) is 23.4 Å². The lowest BCUT2D eigenvalue weighted by molar-refractivity contribution is 0.341. The average molecular weight is 309 g/mol. The first-order valence-electron chi connectivity index (χ1n) is 6.47. The van der Waals surface area contributed by atoms with Crippen molar-refractivity contribution in [2.24, 2.45) is 0 Å². The van der Waals surface area contributed by atoms with Gasteiger partial charge in [0.25, 0.3) is 0 Å². The quantitative estimate of drug-likeness (QED) is 0.537. The Morgan fingerprint density at radius 3 is 2.52 bits per heavy atom. The predicted octanol–water partition coefficient (Wildman–Crippen LogP) is 0.583. The highest BCUT2D eigenvalue weighted by Crippen LogP contribution is 2.36. The first-order valence-corrected chi connectivity index (χ1v) is 7.60. The monoisotopic (exact) mass is 309 g/mol. The van der Waals surface area contributed by atoms with Gasteiger partial charge in [-0.25, -0.2) is 8.42 Å². The van der Waals surface area contributed by atoms with Crippen LogP contribution < -0.4 is 9.04 Å². The molecular weight excluding hydrogens is 293 g/mol. The van der Waals surface area contributed by atoms with E-state index in [4.69, 9.17) is 14.8 Å². The van der Waals surface area contributed by atoms with Crippen LogP contribution in [0.2, 0.25) is 0 Å². The number of ether oxygens (including phenoxy) is 1. The third-order valence-electron chi connectivity index (χ3n) is 2.95. The Bertz CT molecular complexity index is 696. The highest BCUT2D eigenvalue weighted by molar-refractivity contribution is 7.74. The van der Waals surface area contributed by atoms with E-state index in [0.717, 1.165) is 9.69 Å². The van der Waals surface area contributed by atoms with E-state index in [1.807, 2.05) is 18.2 Å². The summed E-state index contributed by atoms with van der Waals surface area (Å²) in [7, 11) is -4.81. The number of nitrogens with zero attached hydrogens (tertiary/aromatic N) is 1. The van der Waals surface area contributed by atoms with Crippen molar-refractivity contribution in [2.75, 3.05) is 17.4 Å². The molecule has 0 aliphatic heterocycles. The van der Waals surface area contributed by atoms with Gasteiger partial charge in [-0.05, 0) is 18.4 Å². The van der Waals surface area contributed by atoms with Gasteiger partial charge >= 0.3 is 7.12 Å². The number of rotatable bonds is 6. The lowest BCUT2D eigenvalue weighted by atomic mass is 9.92. The zero-order valence-electron chi connectivity index (χ0n) is 11.5. The molecule has 0 amide bonds. The normalized spacial score (nSPS) is 10.9. The predicted molar refractivity (Wildman–Crippen MR) is 83.0 cm³/mol. The second kappa shape index (κ2) is 6.79. The van der Waals surface area contributed by atoms with Gasteiger partial charge < -0.3 is 14.8 Å². The third-order valence-corrected chi connectivity index (χ3v) is 3.71. The molecule has 0 saturated heterocycles. The molecule has 21 heavy (non-hydrogen) atoms. The Labute approximate surface area is 124 Å². The molecule has 8 heteroatoms. The largest absolute Gasteiger partial charge is 0.492 e. The molecule has 0 aliphatic carbocycles. The average Bonchev–Trinajstić information content (AvgIpc) is 2.45. The van der Waals surface area contributed by atoms with Crippen molar-refractivity contribution >= 4 is 34.5 Å². The summed E-state index contributed by atoms with van der Waals surface area (Å²) >= 11 is 0. The summed E-state index contributed by atoms with van der Waals surface area (Å²) in [5.41, 5.74) is 0.319. The van der Waals surface area contributed by atoms with Gasteiger partial charge in [-0.3, -0.25) is 4.31 Å². The van der Waals surface area contributed by atoms with Crippen molar-refractivity contribution in [1.82, 2.24) is 0 Å². The van der Waals surface area contributed by atoms with Crippen LogP contribution >= 0.6 is 0 Å². The second-order valence-electron chi connectivity index (χ2n) is 4.37. The molecule has 0 aromatic heterocycles. The summed E-state index contributed by atoms with van der Waals surface area (Å²) in [5, 5.41) is 19.8. The highest BCUT2D eigenvalue weighted by atomic mass is 32.2. The number of benzene rings is 2. The summed E-state index contributed by atoms with van der Waals surface area (Å²) in [6.45, 7) is 2.16. The summed E-state index contributed by atoms with van der Waals surface area (Å²) in [6.07, 6.45) is -0.452. The van der Waals surface area contributed by atoms with Gasteiger partial charge in [-0.2, -0.15) is 0 Å². The molecule has 2 aromatic carbocycles. The number of anilines is 1. The minimum absolute atomic E-state index is 0.319. The lowest BCUT2D eigenvalue weighted by Gasteiger charge is -2.22. The molecule has 2 aromatic rings. The van der Waals surface area contributed by atoms with Crippen molar-refractivity contribution in [3.8, 4) is 5.75 Å². The van der Waals surface area contributed by atoms with E-state index in [2.05, 4.69) is 0 Å². The van der Waals surface area contributed by atoms with Crippen LogP contribution in [0.4, 0.5) is 5.69 Å². The van der Waals surface area contributed by atoms with Gasteiger partial charge in [0.05, 0.1) is 13.1 Å². The van der Waals surface area contributed by atoms with Crippen molar-refractivity contribution in [3.05, 3.63) is 36.4 Å². The fourth-order valence-electron chi connectivity index (χ4n) is 2.17. The molecule has 0 atom stereocenters. The molecule has 2 rings (SSSR count). The summed E-state index contributed by atoms with van der Waals surface area (Å²) < 4.78 is 29.5. The Morgan fingerprint density at radius 2 is 1.90 bits per heavy atom. The number of hydrogen-bond donors (Lipinski definition) is 3. The van der Waals surface area contributed by atoms with Gasteiger partial charge in [0.2, 0.25) is 10.9 Å². The highest BCUT2D eigenvalue weighted by Gasteiger charge is 2.22. The number of thiol groups is 1. The first-order chi connectivity index (χ1) is 10.0. The molecule has 0 fully saturated rings. The molecular formula is C13H16BNO5S. The van der Waals surface area contributed by atoms with Crippen LogP contribution in [-0.4, -0.2) is 38.6 Å². The summed E-state index contributed by atoms with van der Waals surface area (Å²) in [6, 6.07) is 10.7. The SMILES string of the molecule is CCOc1ccc2ccccc2c1N(CB(O)O)[SH](=O)=O. The molecule has 0 unspecified atom stereocenters. The Hall–Kier alpha value is -1.77. The van der Waals surface area contributed by atoms with Gasteiger partial charge in [0.15, 0.2) is 0 Å². The molecule has 0 radical (unpaired) electrons. The molecule has 0 aliphatic rings. The fraction of sp³-hybridized carbons (Fsp3) is 0.231. The van der Waals surface area contributed by atoms with Crippen LogP contribution in [0.25, 0.3) is 10.8 Å². The third kappa shape index (κ3) is 3.47. The van der Waals surface area contributed by atoms with Gasteiger partial charge in [0.1, 0.15) is 11.4 Å². The number of fused-ring (bicyclic) bond motifs is 1. The van der Waals surface area contributed by atoms with E-state index < -0.39 is 24.5 Å². The maximum absolute atomic E-state index is 11.5. The van der Waals surface area contributed by atoms with E-state index in [1.54, 1.807) is 25.1 Å².